The van der Waals surface area contributed by atoms with E-state index < -0.39 is 5.60 Å². The van der Waals surface area contributed by atoms with Crippen LogP contribution in [-0.4, -0.2) is 42.3 Å². The molecule has 1 aliphatic carbocycles. The predicted octanol–water partition coefficient (Wildman–Crippen LogP) is 3.27. The summed E-state index contributed by atoms with van der Waals surface area (Å²) >= 11 is 0. The summed E-state index contributed by atoms with van der Waals surface area (Å²) in [5.74, 6) is 1.66. The Labute approximate surface area is 167 Å². The minimum atomic E-state index is -0.810. The van der Waals surface area contributed by atoms with Gasteiger partial charge in [0.2, 0.25) is 0 Å². The van der Waals surface area contributed by atoms with Gasteiger partial charge in [-0.3, -0.25) is 9.88 Å². The molecule has 2 fully saturated rings. The van der Waals surface area contributed by atoms with Crippen LogP contribution in [0.2, 0.25) is 0 Å². The number of aryl methyl sites for hydroxylation is 1. The Kier molecular flexibility index (Phi) is 5.41. The van der Waals surface area contributed by atoms with Gasteiger partial charge in [0.05, 0.1) is 19.4 Å². The average Bonchev–Trinajstić information content (AvgIpc) is 3.23. The number of pyridine rings is 1. The van der Waals surface area contributed by atoms with Crippen molar-refractivity contribution in [3.8, 4) is 5.75 Å². The van der Waals surface area contributed by atoms with Crippen LogP contribution in [0, 0.1) is 18.8 Å². The van der Waals surface area contributed by atoms with E-state index in [-0.39, 0.29) is 5.92 Å². The number of rotatable bonds is 6. The van der Waals surface area contributed by atoms with Crippen LogP contribution in [0.5, 0.6) is 5.75 Å². The zero-order chi connectivity index (χ0) is 19.7. The second-order valence-corrected chi connectivity index (χ2v) is 8.32. The summed E-state index contributed by atoms with van der Waals surface area (Å²) < 4.78 is 10.9. The maximum atomic E-state index is 11.5. The van der Waals surface area contributed by atoms with Crippen LogP contribution in [0.3, 0.4) is 0 Å². The second kappa shape index (κ2) is 7.82. The molecule has 150 valence electrons. The summed E-state index contributed by atoms with van der Waals surface area (Å²) in [6, 6.07) is 10.3. The first kappa shape index (κ1) is 19.4. The monoisotopic (exact) mass is 382 g/mol. The van der Waals surface area contributed by atoms with Crippen molar-refractivity contribution in [2.75, 3.05) is 27.3 Å². The van der Waals surface area contributed by atoms with Gasteiger partial charge >= 0.3 is 0 Å². The molecule has 0 spiro atoms. The number of aliphatic hydroxyl groups is 1. The van der Waals surface area contributed by atoms with Crippen molar-refractivity contribution in [1.82, 2.24) is 9.88 Å². The molecule has 3 atom stereocenters. The lowest BCUT2D eigenvalue weighted by molar-refractivity contribution is -0.0108. The van der Waals surface area contributed by atoms with Crippen molar-refractivity contribution in [3.05, 3.63) is 58.9 Å². The molecular formula is C23H30N2O3. The molecule has 2 heterocycles. The highest BCUT2D eigenvalue weighted by Gasteiger charge is 2.53. The summed E-state index contributed by atoms with van der Waals surface area (Å²) in [6.45, 7) is 5.35. The average molecular weight is 383 g/mol. The van der Waals surface area contributed by atoms with Gasteiger partial charge in [0.1, 0.15) is 11.4 Å². The number of benzene rings is 1. The molecule has 5 heteroatoms. The number of hydrogen-bond acceptors (Lipinski definition) is 5. The fourth-order valence-electron chi connectivity index (χ4n) is 5.01. The zero-order valence-corrected chi connectivity index (χ0v) is 17.0. The van der Waals surface area contributed by atoms with E-state index in [1.54, 1.807) is 14.2 Å². The van der Waals surface area contributed by atoms with Gasteiger partial charge in [0.25, 0.3) is 0 Å². The molecule has 1 saturated carbocycles. The van der Waals surface area contributed by atoms with E-state index in [4.69, 9.17) is 9.47 Å². The number of fused-ring (bicyclic) bond motifs is 1. The Hall–Kier alpha value is -1.95. The van der Waals surface area contributed by atoms with Gasteiger partial charge in [-0.1, -0.05) is 12.1 Å². The molecule has 0 bridgehead atoms. The number of methoxy groups -OCH3 is 2. The molecule has 2 aromatic rings. The van der Waals surface area contributed by atoms with Gasteiger partial charge in [0, 0.05) is 44.4 Å². The lowest BCUT2D eigenvalue weighted by Crippen LogP contribution is -2.35. The van der Waals surface area contributed by atoms with E-state index in [2.05, 4.69) is 16.0 Å². The number of hydrogen-bond donors (Lipinski definition) is 1. The first-order valence-corrected chi connectivity index (χ1v) is 10.1. The fraction of sp³-hybridized carbons (Fsp3) is 0.522. The topological polar surface area (TPSA) is 54.8 Å². The summed E-state index contributed by atoms with van der Waals surface area (Å²) in [7, 11) is 3.43. The van der Waals surface area contributed by atoms with Crippen LogP contribution < -0.4 is 4.74 Å². The van der Waals surface area contributed by atoms with Gasteiger partial charge in [-0.2, -0.15) is 0 Å². The van der Waals surface area contributed by atoms with Crippen molar-refractivity contribution in [2.24, 2.45) is 11.8 Å². The molecule has 1 saturated heterocycles. The Bertz CT molecular complexity index is 823. The zero-order valence-electron chi connectivity index (χ0n) is 17.0. The lowest BCUT2D eigenvalue weighted by atomic mass is 9.85. The van der Waals surface area contributed by atoms with E-state index in [1.165, 1.54) is 5.56 Å². The summed E-state index contributed by atoms with van der Waals surface area (Å²) in [5, 5.41) is 11.5. The molecular weight excluding hydrogens is 352 g/mol. The van der Waals surface area contributed by atoms with E-state index in [0.717, 1.165) is 55.0 Å². The van der Waals surface area contributed by atoms with E-state index >= 15 is 0 Å². The number of aromatic nitrogens is 1. The van der Waals surface area contributed by atoms with Gasteiger partial charge in [-0.25, -0.2) is 0 Å². The van der Waals surface area contributed by atoms with Crippen LogP contribution in [0.25, 0.3) is 0 Å². The smallest absolute Gasteiger partial charge is 0.123 e. The molecule has 1 aliphatic heterocycles. The standard InChI is InChI=1S/C23H30N2O3/c1-16-4-7-22(24-11-16)23(26)9-8-18-12-25(14-20(18)23)13-19-10-17(15-27-2)5-6-21(19)28-3/h4-7,10-11,18,20,26H,8-9,12-15H2,1-3H3/t18-,20+,23-/m1/s1. The normalized spacial score (nSPS) is 27.1. The summed E-state index contributed by atoms with van der Waals surface area (Å²) in [6.07, 6.45) is 3.71. The largest absolute Gasteiger partial charge is 0.496 e. The quantitative estimate of drug-likeness (QED) is 0.831. The molecule has 0 unspecified atom stereocenters. The van der Waals surface area contributed by atoms with Crippen LogP contribution >= 0.6 is 0 Å². The Morgan fingerprint density at radius 1 is 1.21 bits per heavy atom. The number of ether oxygens (including phenoxy) is 2. The highest BCUT2D eigenvalue weighted by Crippen LogP contribution is 2.50. The molecule has 1 N–H and O–H groups in total. The van der Waals surface area contributed by atoms with Gasteiger partial charge in [-0.15, -0.1) is 0 Å². The highest BCUT2D eigenvalue weighted by molar-refractivity contribution is 5.37. The molecule has 0 amide bonds. The Morgan fingerprint density at radius 3 is 2.79 bits per heavy atom. The van der Waals surface area contributed by atoms with Crippen molar-refractivity contribution >= 4 is 0 Å². The third kappa shape index (κ3) is 3.54. The third-order valence-corrected chi connectivity index (χ3v) is 6.43. The van der Waals surface area contributed by atoms with Gasteiger partial charge in [-0.05, 0) is 55.0 Å². The predicted molar refractivity (Wildman–Crippen MR) is 108 cm³/mol. The van der Waals surface area contributed by atoms with Crippen LogP contribution in [-0.2, 0) is 23.5 Å². The van der Waals surface area contributed by atoms with Crippen molar-refractivity contribution in [3.63, 3.8) is 0 Å². The Balaban J connectivity index is 1.51. The van der Waals surface area contributed by atoms with E-state index in [9.17, 15) is 5.11 Å². The molecule has 1 aromatic heterocycles. The molecule has 28 heavy (non-hydrogen) atoms. The molecule has 2 aliphatic rings. The van der Waals surface area contributed by atoms with Crippen molar-refractivity contribution in [2.45, 2.75) is 38.5 Å². The molecule has 5 nitrogen and oxygen atoms in total. The van der Waals surface area contributed by atoms with Crippen LogP contribution in [0.4, 0.5) is 0 Å². The summed E-state index contributed by atoms with van der Waals surface area (Å²) in [5.41, 5.74) is 3.46. The maximum absolute atomic E-state index is 11.5. The minimum absolute atomic E-state index is 0.232. The van der Waals surface area contributed by atoms with Crippen LogP contribution in [0.15, 0.2) is 36.5 Å². The first-order valence-electron chi connectivity index (χ1n) is 10.1. The Morgan fingerprint density at radius 2 is 2.07 bits per heavy atom. The van der Waals surface area contributed by atoms with Crippen LogP contribution in [0.1, 0.15) is 35.2 Å². The molecule has 1 aromatic carbocycles. The van der Waals surface area contributed by atoms with Crippen molar-refractivity contribution in [1.29, 1.82) is 0 Å². The molecule has 0 radical (unpaired) electrons. The maximum Gasteiger partial charge on any atom is 0.123 e. The lowest BCUT2D eigenvalue weighted by Gasteiger charge is -2.30. The van der Waals surface area contributed by atoms with E-state index in [0.29, 0.717) is 12.5 Å². The van der Waals surface area contributed by atoms with E-state index in [1.807, 2.05) is 37.4 Å². The summed E-state index contributed by atoms with van der Waals surface area (Å²) in [4.78, 5) is 7.01. The first-order chi connectivity index (χ1) is 13.5. The SMILES string of the molecule is COCc1ccc(OC)c(CN2C[C@H]3CC[C@](O)(c4ccc(C)cn4)[C@H]3C2)c1. The highest BCUT2D eigenvalue weighted by atomic mass is 16.5. The fourth-order valence-corrected chi connectivity index (χ4v) is 5.01. The van der Waals surface area contributed by atoms with Crippen molar-refractivity contribution < 1.29 is 14.6 Å². The number of likely N-dealkylation sites (tertiary alicyclic amines) is 1. The minimum Gasteiger partial charge on any atom is -0.496 e. The molecule has 4 rings (SSSR count). The van der Waals surface area contributed by atoms with Gasteiger partial charge < -0.3 is 14.6 Å². The number of nitrogens with zero attached hydrogens (tertiary/aromatic N) is 2. The van der Waals surface area contributed by atoms with Gasteiger partial charge in [0.15, 0.2) is 0 Å². The third-order valence-electron chi connectivity index (χ3n) is 6.43. The second-order valence-electron chi connectivity index (χ2n) is 8.32.